The highest BCUT2D eigenvalue weighted by Crippen LogP contribution is 2.47. The molecule has 7 heteroatoms. The minimum atomic E-state index is -0.394. The fraction of sp³-hybridized carbons (Fsp3) is 0.296. The molecule has 0 unspecified atom stereocenters. The maximum absolute atomic E-state index is 14.3. The molecule has 1 fully saturated rings. The zero-order valence-electron chi connectivity index (χ0n) is 19.0. The summed E-state index contributed by atoms with van der Waals surface area (Å²) in [6, 6.07) is 19.0. The Balaban J connectivity index is 1.34. The van der Waals surface area contributed by atoms with Gasteiger partial charge >= 0.3 is 0 Å². The van der Waals surface area contributed by atoms with Gasteiger partial charge in [-0.1, -0.05) is 29.8 Å². The fourth-order valence-corrected chi connectivity index (χ4v) is 5.22. The normalized spacial score (nSPS) is 17.1. The van der Waals surface area contributed by atoms with Gasteiger partial charge in [0.15, 0.2) is 0 Å². The molecule has 5 rings (SSSR count). The summed E-state index contributed by atoms with van der Waals surface area (Å²) < 4.78 is 14.3. The molecule has 6 nitrogen and oxygen atoms in total. The van der Waals surface area contributed by atoms with E-state index in [2.05, 4.69) is 4.90 Å². The van der Waals surface area contributed by atoms with Gasteiger partial charge in [-0.15, -0.1) is 0 Å². The van der Waals surface area contributed by atoms with Gasteiger partial charge in [0, 0.05) is 41.9 Å². The number of aryl methyl sites for hydroxylation is 1. The molecule has 174 valence electrons. The van der Waals surface area contributed by atoms with Crippen molar-refractivity contribution in [3.63, 3.8) is 0 Å². The summed E-state index contributed by atoms with van der Waals surface area (Å²) in [5.41, 5.74) is 4.29. The van der Waals surface area contributed by atoms with E-state index in [4.69, 9.17) is 0 Å². The molecule has 34 heavy (non-hydrogen) atoms. The standard InChI is InChI=1S/C27H26FN3O3/c1-19-2-6-21(7-3-19)26(32)30-18-27(24-16-22(28)8-11-25(24)30)12-14-29(15-13-27)17-20-4-9-23(10-5-20)31(33)34/h2-11,16H,12-15,17-18H2,1H3. The first-order chi connectivity index (χ1) is 16.3. The maximum atomic E-state index is 14.3. The number of rotatable bonds is 4. The van der Waals surface area contributed by atoms with Gasteiger partial charge in [0.25, 0.3) is 11.6 Å². The van der Waals surface area contributed by atoms with Gasteiger partial charge in [0.05, 0.1) is 4.92 Å². The number of fused-ring (bicyclic) bond motifs is 2. The number of likely N-dealkylation sites (tertiary alicyclic amines) is 1. The molecule has 1 saturated heterocycles. The van der Waals surface area contributed by atoms with Crippen LogP contribution in [0.2, 0.25) is 0 Å². The first kappa shape index (κ1) is 22.2. The van der Waals surface area contributed by atoms with E-state index in [-0.39, 0.29) is 22.8 Å². The van der Waals surface area contributed by atoms with Crippen LogP contribution in [0.25, 0.3) is 0 Å². The second kappa shape index (κ2) is 8.65. The second-order valence-electron chi connectivity index (χ2n) is 9.40. The molecule has 0 bridgehead atoms. The molecule has 0 atom stereocenters. The van der Waals surface area contributed by atoms with Crippen LogP contribution < -0.4 is 4.90 Å². The summed E-state index contributed by atoms with van der Waals surface area (Å²) in [5.74, 6) is -0.339. The van der Waals surface area contributed by atoms with Crippen LogP contribution in [0.4, 0.5) is 15.8 Å². The molecule has 2 aliphatic heterocycles. The number of amides is 1. The zero-order valence-corrected chi connectivity index (χ0v) is 19.0. The number of nitro groups is 1. The second-order valence-corrected chi connectivity index (χ2v) is 9.40. The number of nitro benzene ring substituents is 1. The average Bonchev–Trinajstić information content (AvgIpc) is 3.14. The fourth-order valence-electron chi connectivity index (χ4n) is 5.22. The lowest BCUT2D eigenvalue weighted by atomic mass is 9.74. The van der Waals surface area contributed by atoms with E-state index >= 15 is 0 Å². The molecule has 0 saturated carbocycles. The van der Waals surface area contributed by atoms with E-state index in [0.717, 1.165) is 48.3 Å². The molecule has 3 aromatic carbocycles. The van der Waals surface area contributed by atoms with E-state index in [1.165, 1.54) is 18.2 Å². The zero-order chi connectivity index (χ0) is 23.9. The number of halogens is 1. The predicted octanol–water partition coefficient (Wildman–Crippen LogP) is 5.24. The van der Waals surface area contributed by atoms with E-state index in [9.17, 15) is 19.3 Å². The summed E-state index contributed by atoms with van der Waals surface area (Å²) in [6.07, 6.45) is 1.63. The predicted molar refractivity (Wildman–Crippen MR) is 129 cm³/mol. The molecule has 2 aliphatic rings. The Bertz CT molecular complexity index is 1230. The molecule has 0 radical (unpaired) electrons. The van der Waals surface area contributed by atoms with E-state index in [1.807, 2.05) is 36.1 Å². The number of hydrogen-bond donors (Lipinski definition) is 0. The summed E-state index contributed by atoms with van der Waals surface area (Å²) in [4.78, 5) is 28.0. The van der Waals surface area contributed by atoms with Gasteiger partial charge in [-0.2, -0.15) is 0 Å². The first-order valence-electron chi connectivity index (χ1n) is 11.5. The van der Waals surface area contributed by atoms with Gasteiger partial charge in [0.1, 0.15) is 5.82 Å². The smallest absolute Gasteiger partial charge is 0.269 e. The van der Waals surface area contributed by atoms with Crippen molar-refractivity contribution in [2.45, 2.75) is 31.7 Å². The van der Waals surface area contributed by atoms with Crippen molar-refractivity contribution in [2.75, 3.05) is 24.5 Å². The Kier molecular flexibility index (Phi) is 5.65. The highest BCUT2D eigenvalue weighted by molar-refractivity contribution is 6.07. The number of nitrogens with zero attached hydrogens (tertiary/aromatic N) is 3. The number of anilines is 1. The SMILES string of the molecule is Cc1ccc(C(=O)N2CC3(CCN(Cc4ccc([N+](=O)[O-])cc4)CC3)c3cc(F)ccc32)cc1. The molecular weight excluding hydrogens is 433 g/mol. The average molecular weight is 460 g/mol. The van der Waals surface area contributed by atoms with Crippen LogP contribution in [0.3, 0.4) is 0 Å². The summed E-state index contributed by atoms with van der Waals surface area (Å²) in [7, 11) is 0. The lowest BCUT2D eigenvalue weighted by Crippen LogP contribution is -2.45. The van der Waals surface area contributed by atoms with Gasteiger partial charge in [-0.25, -0.2) is 4.39 Å². The number of carbonyl (C=O) groups is 1. The molecule has 0 aliphatic carbocycles. The van der Waals surface area contributed by atoms with E-state index < -0.39 is 4.92 Å². The number of carbonyl (C=O) groups excluding carboxylic acids is 1. The van der Waals surface area contributed by atoms with Crippen LogP contribution in [-0.4, -0.2) is 35.4 Å². The van der Waals surface area contributed by atoms with Crippen LogP contribution in [-0.2, 0) is 12.0 Å². The maximum Gasteiger partial charge on any atom is 0.269 e. The minimum Gasteiger partial charge on any atom is -0.307 e. The highest BCUT2D eigenvalue weighted by Gasteiger charge is 2.46. The molecule has 0 N–H and O–H groups in total. The Labute approximate surface area is 197 Å². The first-order valence-corrected chi connectivity index (χ1v) is 11.5. The number of piperidine rings is 1. The van der Waals surface area contributed by atoms with Crippen molar-refractivity contribution in [1.82, 2.24) is 4.90 Å². The van der Waals surface area contributed by atoms with Gasteiger partial charge < -0.3 is 4.90 Å². The van der Waals surface area contributed by atoms with Crippen molar-refractivity contribution in [2.24, 2.45) is 0 Å². The van der Waals surface area contributed by atoms with Crippen LogP contribution in [0.5, 0.6) is 0 Å². The monoisotopic (exact) mass is 459 g/mol. The summed E-state index contributed by atoms with van der Waals surface area (Å²) in [6.45, 7) is 4.85. The molecule has 3 aromatic rings. The Morgan fingerprint density at radius 2 is 1.71 bits per heavy atom. The van der Waals surface area contributed by atoms with Gasteiger partial charge in [-0.3, -0.25) is 19.8 Å². The third-order valence-electron chi connectivity index (χ3n) is 7.19. The van der Waals surface area contributed by atoms with Crippen molar-refractivity contribution >= 4 is 17.3 Å². The highest BCUT2D eigenvalue weighted by atomic mass is 19.1. The molecule has 2 heterocycles. The van der Waals surface area contributed by atoms with Crippen LogP contribution in [0.1, 0.15) is 39.9 Å². The topological polar surface area (TPSA) is 66.7 Å². The Hall–Kier alpha value is -3.58. The molecular formula is C27H26FN3O3. The lowest BCUT2D eigenvalue weighted by Gasteiger charge is -2.40. The van der Waals surface area contributed by atoms with Crippen LogP contribution >= 0.6 is 0 Å². The van der Waals surface area contributed by atoms with Crippen LogP contribution in [0, 0.1) is 22.9 Å². The largest absolute Gasteiger partial charge is 0.307 e. The molecule has 1 amide bonds. The molecule has 1 spiro atoms. The van der Waals surface area contributed by atoms with Crippen molar-refractivity contribution in [3.05, 3.63) is 105 Å². The Morgan fingerprint density at radius 3 is 2.35 bits per heavy atom. The number of non-ortho nitro benzene ring substituents is 1. The lowest BCUT2D eigenvalue weighted by molar-refractivity contribution is -0.384. The van der Waals surface area contributed by atoms with Crippen LogP contribution in [0.15, 0.2) is 66.7 Å². The van der Waals surface area contributed by atoms with Gasteiger partial charge in [0.2, 0.25) is 0 Å². The van der Waals surface area contributed by atoms with Gasteiger partial charge in [-0.05, 0) is 74.3 Å². The third kappa shape index (κ3) is 4.07. The minimum absolute atomic E-state index is 0.0574. The van der Waals surface area contributed by atoms with Crippen molar-refractivity contribution < 1.29 is 14.1 Å². The number of hydrogen-bond acceptors (Lipinski definition) is 4. The van der Waals surface area contributed by atoms with E-state index in [1.54, 1.807) is 24.3 Å². The third-order valence-corrected chi connectivity index (χ3v) is 7.19. The summed E-state index contributed by atoms with van der Waals surface area (Å²) >= 11 is 0. The van der Waals surface area contributed by atoms with Crippen molar-refractivity contribution in [3.8, 4) is 0 Å². The summed E-state index contributed by atoms with van der Waals surface area (Å²) in [5, 5.41) is 10.9. The number of benzene rings is 3. The van der Waals surface area contributed by atoms with E-state index in [0.29, 0.717) is 18.7 Å². The Morgan fingerprint density at radius 1 is 1.03 bits per heavy atom. The molecule has 0 aromatic heterocycles. The quantitative estimate of drug-likeness (QED) is 0.396. The van der Waals surface area contributed by atoms with Crippen molar-refractivity contribution in [1.29, 1.82) is 0 Å².